The van der Waals surface area contributed by atoms with Crippen LogP contribution in [0, 0.1) is 0 Å². The molecule has 0 aliphatic carbocycles. The molecule has 0 spiro atoms. The second kappa shape index (κ2) is 6.08. The molecule has 0 bridgehead atoms. The second-order valence-electron chi connectivity index (χ2n) is 6.33. The predicted octanol–water partition coefficient (Wildman–Crippen LogP) is 2.54. The van der Waals surface area contributed by atoms with Crippen LogP contribution in [0.5, 0.6) is 11.5 Å². The van der Waals surface area contributed by atoms with Crippen LogP contribution in [0.25, 0.3) is 0 Å². The molecule has 22 heavy (non-hydrogen) atoms. The van der Waals surface area contributed by atoms with E-state index in [0.29, 0.717) is 31.0 Å². The minimum Gasteiger partial charge on any atom is -0.493 e. The number of benzene rings is 1. The van der Waals surface area contributed by atoms with Gasteiger partial charge in [-0.2, -0.15) is 4.31 Å². The maximum atomic E-state index is 12.4. The molecular weight excluding hydrogens is 302 g/mol. The molecule has 1 aliphatic rings. The lowest BCUT2D eigenvalue weighted by Gasteiger charge is -2.39. The Bertz CT molecular complexity index is 652. The third-order valence-corrected chi connectivity index (χ3v) is 6.08. The van der Waals surface area contributed by atoms with Crippen LogP contribution in [-0.4, -0.2) is 39.2 Å². The maximum absolute atomic E-state index is 12.4. The summed E-state index contributed by atoms with van der Waals surface area (Å²) in [5, 5.41) is 0. The number of nitrogens with zero attached hydrogens (tertiary/aromatic N) is 1. The number of methoxy groups -OCH3 is 2. The first-order valence-corrected chi connectivity index (χ1v) is 9.09. The molecule has 0 atom stereocenters. The molecule has 1 heterocycles. The van der Waals surface area contributed by atoms with Crippen LogP contribution in [0.3, 0.4) is 0 Å². The third kappa shape index (κ3) is 3.08. The Morgan fingerprint density at radius 2 is 1.77 bits per heavy atom. The molecule has 1 aromatic rings. The fourth-order valence-electron chi connectivity index (χ4n) is 3.04. The minimum absolute atomic E-state index is 0.186. The Morgan fingerprint density at radius 1 is 1.18 bits per heavy atom. The van der Waals surface area contributed by atoms with Crippen LogP contribution in [0.4, 0.5) is 0 Å². The molecule has 1 aromatic carbocycles. The number of hydrogen-bond donors (Lipinski definition) is 0. The van der Waals surface area contributed by atoms with Gasteiger partial charge in [0.05, 0.1) is 20.0 Å². The van der Waals surface area contributed by atoms with Crippen molar-refractivity contribution in [3.8, 4) is 11.5 Å². The van der Waals surface area contributed by atoms with E-state index in [9.17, 15) is 8.42 Å². The van der Waals surface area contributed by atoms with E-state index < -0.39 is 10.0 Å². The van der Waals surface area contributed by atoms with Gasteiger partial charge in [-0.1, -0.05) is 20.8 Å². The molecule has 0 saturated carbocycles. The summed E-state index contributed by atoms with van der Waals surface area (Å²) in [5.74, 6) is 1.50. The van der Waals surface area contributed by atoms with Gasteiger partial charge in [0, 0.05) is 18.5 Å². The molecule has 0 N–H and O–H groups in total. The van der Waals surface area contributed by atoms with Crippen LogP contribution in [0.2, 0.25) is 0 Å². The summed E-state index contributed by atoms with van der Waals surface area (Å²) in [6, 6.07) is 3.86. The van der Waals surface area contributed by atoms with E-state index in [4.69, 9.17) is 9.47 Å². The van der Waals surface area contributed by atoms with Gasteiger partial charge in [-0.3, -0.25) is 0 Å². The smallest absolute Gasteiger partial charge is 0.214 e. The highest BCUT2D eigenvalue weighted by Gasteiger charge is 2.37. The van der Waals surface area contributed by atoms with Crippen molar-refractivity contribution in [1.29, 1.82) is 0 Å². The molecule has 124 valence electrons. The number of fused-ring (bicyclic) bond motifs is 1. The quantitative estimate of drug-likeness (QED) is 0.834. The monoisotopic (exact) mass is 327 g/mol. The molecule has 0 fully saturated rings. The highest BCUT2D eigenvalue weighted by atomic mass is 32.2. The molecule has 0 saturated heterocycles. The van der Waals surface area contributed by atoms with Crippen LogP contribution in [0.1, 0.15) is 38.3 Å². The number of rotatable bonds is 5. The molecule has 6 heteroatoms. The van der Waals surface area contributed by atoms with Crippen molar-refractivity contribution in [3.05, 3.63) is 23.3 Å². The van der Waals surface area contributed by atoms with E-state index in [2.05, 4.69) is 13.8 Å². The molecule has 1 aliphatic heterocycles. The van der Waals surface area contributed by atoms with Crippen LogP contribution < -0.4 is 9.47 Å². The van der Waals surface area contributed by atoms with Gasteiger partial charge in [-0.15, -0.1) is 0 Å². The highest BCUT2D eigenvalue weighted by molar-refractivity contribution is 7.89. The van der Waals surface area contributed by atoms with E-state index in [0.717, 1.165) is 11.1 Å². The summed E-state index contributed by atoms with van der Waals surface area (Å²) in [5.41, 5.74) is 1.83. The van der Waals surface area contributed by atoms with Crippen LogP contribution in [-0.2, 0) is 22.0 Å². The SMILES string of the molecule is CCCS(=O)(=O)N1Cc2cc(OC)c(OC)cc2C(C)(C)C1. The second-order valence-corrected chi connectivity index (χ2v) is 8.42. The lowest BCUT2D eigenvalue weighted by Crippen LogP contribution is -2.45. The van der Waals surface area contributed by atoms with Crippen LogP contribution >= 0.6 is 0 Å². The topological polar surface area (TPSA) is 55.8 Å². The van der Waals surface area contributed by atoms with Gasteiger partial charge in [0.1, 0.15) is 0 Å². The fourth-order valence-corrected chi connectivity index (χ4v) is 4.67. The maximum Gasteiger partial charge on any atom is 0.214 e. The van der Waals surface area contributed by atoms with Crippen molar-refractivity contribution < 1.29 is 17.9 Å². The lowest BCUT2D eigenvalue weighted by atomic mass is 9.79. The summed E-state index contributed by atoms with van der Waals surface area (Å²) in [7, 11) is -0.0248. The Kier molecular flexibility index (Phi) is 4.73. The molecular formula is C16H25NO4S. The third-order valence-electron chi connectivity index (χ3n) is 4.11. The average Bonchev–Trinajstić information content (AvgIpc) is 2.45. The molecule has 0 unspecified atom stereocenters. The standard InChI is InChI=1S/C16H25NO4S/c1-6-7-22(18,19)17-10-12-8-14(20-4)15(21-5)9-13(12)16(2,3)11-17/h8-9H,6-7,10-11H2,1-5H3. The largest absolute Gasteiger partial charge is 0.493 e. The van der Waals surface area contributed by atoms with Gasteiger partial charge < -0.3 is 9.47 Å². The predicted molar refractivity (Wildman–Crippen MR) is 87.1 cm³/mol. The van der Waals surface area contributed by atoms with E-state index in [1.54, 1.807) is 18.5 Å². The van der Waals surface area contributed by atoms with Crippen molar-refractivity contribution in [2.75, 3.05) is 26.5 Å². The Balaban J connectivity index is 2.49. The highest BCUT2D eigenvalue weighted by Crippen LogP contribution is 2.40. The fraction of sp³-hybridized carbons (Fsp3) is 0.625. The molecule has 0 aromatic heterocycles. The first-order chi connectivity index (χ1) is 10.2. The summed E-state index contributed by atoms with van der Waals surface area (Å²) >= 11 is 0. The Hall–Kier alpha value is -1.27. The average molecular weight is 327 g/mol. The van der Waals surface area contributed by atoms with Gasteiger partial charge in [-0.25, -0.2) is 8.42 Å². The zero-order valence-corrected chi connectivity index (χ0v) is 14.8. The van der Waals surface area contributed by atoms with Crippen molar-refractivity contribution in [1.82, 2.24) is 4.31 Å². The van der Waals surface area contributed by atoms with Gasteiger partial charge in [0.2, 0.25) is 10.0 Å². The van der Waals surface area contributed by atoms with Gasteiger partial charge in [0.25, 0.3) is 0 Å². The Labute approximate surface area is 133 Å². The Morgan fingerprint density at radius 3 is 2.32 bits per heavy atom. The van der Waals surface area contributed by atoms with Crippen LogP contribution in [0.15, 0.2) is 12.1 Å². The molecule has 5 nitrogen and oxygen atoms in total. The van der Waals surface area contributed by atoms with Crippen molar-refractivity contribution in [2.45, 2.75) is 39.2 Å². The van der Waals surface area contributed by atoms with E-state index in [-0.39, 0.29) is 11.2 Å². The summed E-state index contributed by atoms with van der Waals surface area (Å²) in [4.78, 5) is 0. The lowest BCUT2D eigenvalue weighted by molar-refractivity contribution is 0.294. The van der Waals surface area contributed by atoms with Crippen molar-refractivity contribution in [3.63, 3.8) is 0 Å². The number of hydrogen-bond acceptors (Lipinski definition) is 4. The van der Waals surface area contributed by atoms with E-state index in [1.165, 1.54) is 0 Å². The normalized spacial score (nSPS) is 17.9. The molecule has 0 radical (unpaired) electrons. The van der Waals surface area contributed by atoms with Crippen molar-refractivity contribution in [2.24, 2.45) is 0 Å². The first kappa shape index (κ1) is 17.1. The van der Waals surface area contributed by atoms with E-state index >= 15 is 0 Å². The van der Waals surface area contributed by atoms with Gasteiger partial charge in [0.15, 0.2) is 11.5 Å². The molecule has 2 rings (SSSR count). The number of sulfonamides is 1. The zero-order chi connectivity index (χ0) is 16.5. The summed E-state index contributed by atoms with van der Waals surface area (Å²) < 4.78 is 37.2. The zero-order valence-electron chi connectivity index (χ0n) is 14.0. The van der Waals surface area contributed by atoms with Crippen molar-refractivity contribution >= 4 is 10.0 Å². The minimum atomic E-state index is -3.22. The number of ether oxygens (including phenoxy) is 2. The van der Waals surface area contributed by atoms with Gasteiger partial charge in [-0.05, 0) is 29.7 Å². The van der Waals surface area contributed by atoms with Gasteiger partial charge >= 0.3 is 0 Å². The first-order valence-electron chi connectivity index (χ1n) is 7.48. The summed E-state index contributed by atoms with van der Waals surface area (Å²) in [6.45, 7) is 6.88. The van der Waals surface area contributed by atoms with E-state index in [1.807, 2.05) is 19.1 Å². The molecule has 0 amide bonds. The summed E-state index contributed by atoms with van der Waals surface area (Å²) in [6.07, 6.45) is 0.623.